The quantitative estimate of drug-likeness (QED) is 0.828. The monoisotopic (exact) mass is 351 g/mol. The molecule has 1 aromatic carbocycles. The molecule has 5 nitrogen and oxygen atoms in total. The van der Waals surface area contributed by atoms with E-state index in [1.165, 1.54) is 0 Å². The summed E-state index contributed by atoms with van der Waals surface area (Å²) in [4.78, 5) is 26.3. The van der Waals surface area contributed by atoms with E-state index in [1.54, 1.807) is 6.07 Å². The molecule has 0 atom stereocenters. The van der Waals surface area contributed by atoms with Gasteiger partial charge >= 0.3 is 0 Å². The SMILES string of the molecule is CCCNC(=O)C1CCN(CC(=O)Nc2cccc(Cl)c2C)CC1. The van der Waals surface area contributed by atoms with E-state index in [0.717, 1.165) is 50.1 Å². The van der Waals surface area contributed by atoms with E-state index >= 15 is 0 Å². The van der Waals surface area contributed by atoms with Crippen molar-refractivity contribution in [1.29, 1.82) is 0 Å². The number of amides is 2. The highest BCUT2D eigenvalue weighted by molar-refractivity contribution is 6.31. The number of carbonyl (C=O) groups is 2. The zero-order valence-corrected chi connectivity index (χ0v) is 15.2. The van der Waals surface area contributed by atoms with Crippen LogP contribution in [-0.4, -0.2) is 42.9 Å². The minimum atomic E-state index is -0.0470. The molecule has 0 unspecified atom stereocenters. The summed E-state index contributed by atoms with van der Waals surface area (Å²) < 4.78 is 0. The lowest BCUT2D eigenvalue weighted by atomic mass is 9.96. The second-order valence-corrected chi connectivity index (χ2v) is 6.71. The van der Waals surface area contributed by atoms with E-state index < -0.39 is 0 Å². The molecule has 6 heteroatoms. The molecule has 2 N–H and O–H groups in total. The average Bonchev–Trinajstić information content (AvgIpc) is 2.57. The van der Waals surface area contributed by atoms with Crippen LogP contribution in [0.2, 0.25) is 5.02 Å². The lowest BCUT2D eigenvalue weighted by Gasteiger charge is -2.30. The molecule has 1 fully saturated rings. The zero-order valence-electron chi connectivity index (χ0n) is 14.4. The number of piperidine rings is 1. The number of hydrogen-bond acceptors (Lipinski definition) is 3. The summed E-state index contributed by atoms with van der Waals surface area (Å²) in [7, 11) is 0. The molecule has 1 saturated heterocycles. The van der Waals surface area contributed by atoms with Gasteiger partial charge in [-0.1, -0.05) is 24.6 Å². The van der Waals surface area contributed by atoms with E-state index in [0.29, 0.717) is 11.6 Å². The van der Waals surface area contributed by atoms with Crippen molar-refractivity contribution in [1.82, 2.24) is 10.2 Å². The number of rotatable bonds is 6. The first-order valence-electron chi connectivity index (χ1n) is 8.56. The van der Waals surface area contributed by atoms with Crippen molar-refractivity contribution >= 4 is 29.1 Å². The Bertz CT molecular complexity index is 584. The molecule has 1 aliphatic heterocycles. The Balaban J connectivity index is 1.78. The van der Waals surface area contributed by atoms with Gasteiger partial charge in [-0.3, -0.25) is 14.5 Å². The summed E-state index contributed by atoms with van der Waals surface area (Å²) in [5, 5.41) is 6.51. The second-order valence-electron chi connectivity index (χ2n) is 6.30. The predicted molar refractivity (Wildman–Crippen MR) is 97.3 cm³/mol. The maximum atomic E-state index is 12.2. The van der Waals surface area contributed by atoms with Crippen molar-refractivity contribution in [3.8, 4) is 0 Å². The van der Waals surface area contributed by atoms with Crippen LogP contribution >= 0.6 is 11.6 Å². The van der Waals surface area contributed by atoms with Crippen LogP contribution in [0.1, 0.15) is 31.7 Å². The third-order valence-corrected chi connectivity index (χ3v) is 4.83. The van der Waals surface area contributed by atoms with E-state index in [4.69, 9.17) is 11.6 Å². The Morgan fingerprint density at radius 2 is 2.00 bits per heavy atom. The first-order chi connectivity index (χ1) is 11.5. The highest BCUT2D eigenvalue weighted by atomic mass is 35.5. The van der Waals surface area contributed by atoms with Gasteiger partial charge in [-0.05, 0) is 57.0 Å². The van der Waals surface area contributed by atoms with Crippen molar-refractivity contribution in [2.24, 2.45) is 5.92 Å². The maximum Gasteiger partial charge on any atom is 0.238 e. The van der Waals surface area contributed by atoms with Gasteiger partial charge in [0.05, 0.1) is 6.54 Å². The van der Waals surface area contributed by atoms with Gasteiger partial charge in [-0.15, -0.1) is 0 Å². The van der Waals surface area contributed by atoms with Crippen LogP contribution in [0.3, 0.4) is 0 Å². The molecule has 0 aromatic heterocycles. The van der Waals surface area contributed by atoms with Crippen molar-refractivity contribution in [3.63, 3.8) is 0 Å². The molecular weight excluding hydrogens is 326 g/mol. The molecule has 1 heterocycles. The van der Waals surface area contributed by atoms with Crippen LogP contribution in [-0.2, 0) is 9.59 Å². The minimum Gasteiger partial charge on any atom is -0.356 e. The fourth-order valence-corrected chi connectivity index (χ4v) is 3.06. The molecule has 1 aromatic rings. The van der Waals surface area contributed by atoms with Crippen LogP contribution in [0.4, 0.5) is 5.69 Å². The normalized spacial score (nSPS) is 16.0. The molecule has 24 heavy (non-hydrogen) atoms. The van der Waals surface area contributed by atoms with Gasteiger partial charge < -0.3 is 10.6 Å². The fourth-order valence-electron chi connectivity index (χ4n) is 2.88. The average molecular weight is 352 g/mol. The molecule has 0 aliphatic carbocycles. The first kappa shape index (κ1) is 18.7. The summed E-state index contributed by atoms with van der Waals surface area (Å²) in [5.74, 6) is 0.177. The topological polar surface area (TPSA) is 61.4 Å². The van der Waals surface area contributed by atoms with E-state index in [1.807, 2.05) is 26.0 Å². The van der Waals surface area contributed by atoms with Gasteiger partial charge in [0.2, 0.25) is 11.8 Å². The molecule has 1 aliphatic rings. The summed E-state index contributed by atoms with van der Waals surface area (Å²) in [6, 6.07) is 5.48. The third kappa shape index (κ3) is 5.21. The molecular formula is C18H26ClN3O2. The number of halogens is 1. The molecule has 2 amide bonds. The Morgan fingerprint density at radius 1 is 1.29 bits per heavy atom. The van der Waals surface area contributed by atoms with Crippen LogP contribution in [0.5, 0.6) is 0 Å². The summed E-state index contributed by atoms with van der Waals surface area (Å²) in [6.07, 6.45) is 2.56. The lowest BCUT2D eigenvalue weighted by molar-refractivity contribution is -0.126. The molecule has 0 radical (unpaired) electrons. The Labute approximate surface area is 148 Å². The van der Waals surface area contributed by atoms with Gasteiger partial charge in [0.25, 0.3) is 0 Å². The number of nitrogens with zero attached hydrogens (tertiary/aromatic N) is 1. The predicted octanol–water partition coefficient (Wildman–Crippen LogP) is 2.83. The van der Waals surface area contributed by atoms with Gasteiger partial charge in [0.1, 0.15) is 0 Å². The van der Waals surface area contributed by atoms with Crippen LogP contribution in [0, 0.1) is 12.8 Å². The molecule has 0 saturated carbocycles. The van der Waals surface area contributed by atoms with Crippen molar-refractivity contribution in [2.45, 2.75) is 33.1 Å². The van der Waals surface area contributed by atoms with E-state index in [2.05, 4.69) is 15.5 Å². The van der Waals surface area contributed by atoms with E-state index in [-0.39, 0.29) is 17.7 Å². The molecule has 0 spiro atoms. The second kappa shape index (κ2) is 9.04. The summed E-state index contributed by atoms with van der Waals surface area (Å²) in [6.45, 7) is 6.55. The van der Waals surface area contributed by atoms with Gasteiger partial charge in [-0.2, -0.15) is 0 Å². The van der Waals surface area contributed by atoms with Crippen molar-refractivity contribution in [3.05, 3.63) is 28.8 Å². The first-order valence-corrected chi connectivity index (χ1v) is 8.94. The van der Waals surface area contributed by atoms with Gasteiger partial charge in [0.15, 0.2) is 0 Å². The van der Waals surface area contributed by atoms with Gasteiger partial charge in [-0.25, -0.2) is 0 Å². The Kier molecular flexibility index (Phi) is 7.06. The Hall–Kier alpha value is -1.59. The zero-order chi connectivity index (χ0) is 17.5. The molecule has 132 valence electrons. The third-order valence-electron chi connectivity index (χ3n) is 4.42. The number of nitrogens with one attached hydrogen (secondary N) is 2. The number of carbonyl (C=O) groups excluding carboxylic acids is 2. The minimum absolute atomic E-state index is 0.0470. The van der Waals surface area contributed by atoms with E-state index in [9.17, 15) is 9.59 Å². The lowest BCUT2D eigenvalue weighted by Crippen LogP contribution is -2.43. The highest BCUT2D eigenvalue weighted by Gasteiger charge is 2.25. The smallest absolute Gasteiger partial charge is 0.238 e. The summed E-state index contributed by atoms with van der Waals surface area (Å²) >= 11 is 6.07. The number of anilines is 1. The fraction of sp³-hybridized carbons (Fsp3) is 0.556. The number of hydrogen-bond donors (Lipinski definition) is 2. The Morgan fingerprint density at radius 3 is 2.67 bits per heavy atom. The van der Waals surface area contributed by atoms with Crippen LogP contribution < -0.4 is 10.6 Å². The summed E-state index contributed by atoms with van der Waals surface area (Å²) in [5.41, 5.74) is 1.63. The largest absolute Gasteiger partial charge is 0.356 e. The highest BCUT2D eigenvalue weighted by Crippen LogP contribution is 2.23. The van der Waals surface area contributed by atoms with Gasteiger partial charge in [0, 0.05) is 23.2 Å². The number of benzene rings is 1. The standard InChI is InChI=1S/C18H26ClN3O2/c1-3-9-20-18(24)14-7-10-22(11-8-14)12-17(23)21-16-6-4-5-15(19)13(16)2/h4-6,14H,3,7-12H2,1-2H3,(H,20,24)(H,21,23). The van der Waals surface area contributed by atoms with Crippen molar-refractivity contribution in [2.75, 3.05) is 31.5 Å². The molecule has 0 bridgehead atoms. The maximum absolute atomic E-state index is 12.2. The van der Waals surface area contributed by atoms with Crippen molar-refractivity contribution < 1.29 is 9.59 Å². The van der Waals surface area contributed by atoms with Crippen LogP contribution in [0.25, 0.3) is 0 Å². The van der Waals surface area contributed by atoms with Crippen LogP contribution in [0.15, 0.2) is 18.2 Å². The number of likely N-dealkylation sites (tertiary alicyclic amines) is 1. The molecule has 2 rings (SSSR count).